The number of hydrogen-bond donors (Lipinski definition) is 2. The van der Waals surface area contributed by atoms with Crippen molar-refractivity contribution in [3.63, 3.8) is 0 Å². The van der Waals surface area contributed by atoms with E-state index in [4.69, 9.17) is 5.73 Å². The molecule has 9 heavy (non-hydrogen) atoms. The zero-order valence-corrected chi connectivity index (χ0v) is 5.54. The second-order valence-corrected chi connectivity index (χ2v) is 1.41. The van der Waals surface area contributed by atoms with Gasteiger partial charge in [-0.3, -0.25) is 0 Å². The first-order valence-electron chi connectivity index (χ1n) is 2.78. The van der Waals surface area contributed by atoms with Crippen molar-refractivity contribution >= 4 is 5.69 Å². The SMILES string of the molecule is CN.Nc1ccccc1. The first-order valence-corrected chi connectivity index (χ1v) is 2.78. The third-order valence-electron chi connectivity index (χ3n) is 0.800. The van der Waals surface area contributed by atoms with Crippen LogP contribution in [0.5, 0.6) is 0 Å². The van der Waals surface area contributed by atoms with Crippen LogP contribution < -0.4 is 11.5 Å². The number of rotatable bonds is 0. The Labute approximate surface area is 55.5 Å². The fourth-order valence-corrected chi connectivity index (χ4v) is 0.453. The molecular formula is C7H12N2. The van der Waals surface area contributed by atoms with E-state index in [9.17, 15) is 0 Å². The minimum atomic E-state index is 0.822. The molecule has 0 aliphatic carbocycles. The van der Waals surface area contributed by atoms with Crippen LogP contribution in [-0.2, 0) is 0 Å². The second kappa shape index (κ2) is 5.12. The smallest absolute Gasteiger partial charge is 0.0313 e. The molecule has 0 fully saturated rings. The van der Waals surface area contributed by atoms with E-state index in [1.54, 1.807) is 0 Å². The predicted molar refractivity (Wildman–Crippen MR) is 41.0 cm³/mol. The summed E-state index contributed by atoms with van der Waals surface area (Å²) in [5.74, 6) is 0. The Bertz CT molecular complexity index is 137. The van der Waals surface area contributed by atoms with Crippen molar-refractivity contribution in [1.82, 2.24) is 0 Å². The summed E-state index contributed by atoms with van der Waals surface area (Å²) in [6, 6.07) is 9.49. The minimum Gasteiger partial charge on any atom is -0.399 e. The average Bonchev–Trinajstić information content (AvgIpc) is 1.94. The van der Waals surface area contributed by atoms with Gasteiger partial charge in [-0.05, 0) is 19.2 Å². The Balaban J connectivity index is 0.000000291. The molecule has 0 spiro atoms. The lowest BCUT2D eigenvalue weighted by atomic mass is 10.3. The highest BCUT2D eigenvalue weighted by atomic mass is 14.5. The Hall–Kier alpha value is -1.02. The first-order chi connectivity index (χ1) is 4.39. The molecular weight excluding hydrogens is 112 g/mol. The lowest BCUT2D eigenvalue weighted by Gasteiger charge is -1.83. The van der Waals surface area contributed by atoms with E-state index >= 15 is 0 Å². The number of benzene rings is 1. The van der Waals surface area contributed by atoms with Crippen molar-refractivity contribution in [3.8, 4) is 0 Å². The van der Waals surface area contributed by atoms with Gasteiger partial charge in [-0.2, -0.15) is 0 Å². The molecule has 50 valence electrons. The largest absolute Gasteiger partial charge is 0.399 e. The van der Waals surface area contributed by atoms with Crippen molar-refractivity contribution in [2.45, 2.75) is 0 Å². The summed E-state index contributed by atoms with van der Waals surface area (Å²) < 4.78 is 0. The standard InChI is InChI=1S/C6H7N.CH5N/c7-6-4-2-1-3-5-6;1-2/h1-5H,7H2;2H2,1H3. The normalized spacial score (nSPS) is 7.33. The van der Waals surface area contributed by atoms with Crippen LogP contribution in [-0.4, -0.2) is 7.05 Å². The third-order valence-corrected chi connectivity index (χ3v) is 0.800. The lowest BCUT2D eigenvalue weighted by molar-refractivity contribution is 1.48. The molecule has 1 aromatic carbocycles. The molecule has 0 bridgehead atoms. The highest BCUT2D eigenvalue weighted by Gasteiger charge is 1.72. The van der Waals surface area contributed by atoms with Crippen LogP contribution in [0, 0.1) is 0 Å². The van der Waals surface area contributed by atoms with E-state index in [0.717, 1.165) is 5.69 Å². The van der Waals surface area contributed by atoms with Crippen molar-refractivity contribution in [3.05, 3.63) is 30.3 Å². The van der Waals surface area contributed by atoms with Gasteiger partial charge in [0.05, 0.1) is 0 Å². The fourth-order valence-electron chi connectivity index (χ4n) is 0.453. The van der Waals surface area contributed by atoms with Gasteiger partial charge in [0.2, 0.25) is 0 Å². The quantitative estimate of drug-likeness (QED) is 0.503. The average molecular weight is 124 g/mol. The summed E-state index contributed by atoms with van der Waals surface area (Å²) in [5, 5.41) is 0. The number of para-hydroxylation sites is 1. The van der Waals surface area contributed by atoms with Gasteiger partial charge in [-0.15, -0.1) is 0 Å². The van der Waals surface area contributed by atoms with Gasteiger partial charge in [-0.1, -0.05) is 18.2 Å². The van der Waals surface area contributed by atoms with Crippen molar-refractivity contribution in [2.24, 2.45) is 5.73 Å². The van der Waals surface area contributed by atoms with Crippen molar-refractivity contribution in [2.75, 3.05) is 12.8 Å². The Morgan fingerprint density at radius 2 is 1.44 bits per heavy atom. The van der Waals surface area contributed by atoms with Crippen LogP contribution in [0.3, 0.4) is 0 Å². The van der Waals surface area contributed by atoms with Crippen LogP contribution in [0.4, 0.5) is 5.69 Å². The highest BCUT2D eigenvalue weighted by molar-refractivity contribution is 5.35. The van der Waals surface area contributed by atoms with Crippen LogP contribution in [0.15, 0.2) is 30.3 Å². The number of hydrogen-bond acceptors (Lipinski definition) is 2. The molecule has 2 heteroatoms. The number of nitrogens with two attached hydrogens (primary N) is 2. The summed E-state index contributed by atoms with van der Waals surface area (Å²) in [6.07, 6.45) is 0. The molecule has 1 rings (SSSR count). The van der Waals surface area contributed by atoms with Gasteiger partial charge >= 0.3 is 0 Å². The summed E-state index contributed by atoms with van der Waals surface area (Å²) in [4.78, 5) is 0. The third kappa shape index (κ3) is 3.55. The molecule has 2 nitrogen and oxygen atoms in total. The van der Waals surface area contributed by atoms with Gasteiger partial charge in [0.1, 0.15) is 0 Å². The Kier molecular flexibility index (Phi) is 4.54. The van der Waals surface area contributed by atoms with E-state index in [-0.39, 0.29) is 0 Å². The summed E-state index contributed by atoms with van der Waals surface area (Å²) in [6.45, 7) is 0. The second-order valence-electron chi connectivity index (χ2n) is 1.41. The molecule has 0 radical (unpaired) electrons. The molecule has 0 aromatic heterocycles. The Morgan fingerprint density at radius 1 is 1.00 bits per heavy atom. The van der Waals surface area contributed by atoms with Gasteiger partial charge in [-0.25, -0.2) is 0 Å². The van der Waals surface area contributed by atoms with Crippen molar-refractivity contribution < 1.29 is 0 Å². The zero-order valence-electron chi connectivity index (χ0n) is 5.54. The molecule has 0 unspecified atom stereocenters. The van der Waals surface area contributed by atoms with Crippen LogP contribution >= 0.6 is 0 Å². The molecule has 0 heterocycles. The van der Waals surface area contributed by atoms with E-state index < -0.39 is 0 Å². The molecule has 1 aromatic rings. The molecule has 0 saturated heterocycles. The fraction of sp³-hybridized carbons (Fsp3) is 0.143. The van der Waals surface area contributed by atoms with E-state index in [0.29, 0.717) is 0 Å². The van der Waals surface area contributed by atoms with Crippen molar-refractivity contribution in [1.29, 1.82) is 0 Å². The lowest BCUT2D eigenvalue weighted by Crippen LogP contribution is -1.79. The zero-order chi connectivity index (χ0) is 7.11. The molecule has 4 N–H and O–H groups in total. The molecule has 0 atom stereocenters. The monoisotopic (exact) mass is 124 g/mol. The minimum absolute atomic E-state index is 0.822. The predicted octanol–water partition coefficient (Wildman–Crippen LogP) is 0.844. The van der Waals surface area contributed by atoms with E-state index in [2.05, 4.69) is 5.73 Å². The number of nitrogen functional groups attached to an aromatic ring is 1. The Morgan fingerprint density at radius 3 is 1.67 bits per heavy atom. The van der Waals surface area contributed by atoms with E-state index in [1.165, 1.54) is 7.05 Å². The maximum Gasteiger partial charge on any atom is 0.0313 e. The molecule has 0 aliphatic rings. The van der Waals surface area contributed by atoms with Crippen LogP contribution in [0.2, 0.25) is 0 Å². The highest BCUT2D eigenvalue weighted by Crippen LogP contribution is 1.95. The van der Waals surface area contributed by atoms with E-state index in [1.807, 2.05) is 30.3 Å². The first kappa shape index (κ1) is 7.98. The van der Waals surface area contributed by atoms with Gasteiger partial charge in [0, 0.05) is 5.69 Å². The topological polar surface area (TPSA) is 52.0 Å². The molecule has 0 saturated carbocycles. The maximum absolute atomic E-state index is 5.36. The van der Waals surface area contributed by atoms with Crippen LogP contribution in [0.25, 0.3) is 0 Å². The maximum atomic E-state index is 5.36. The molecule has 0 amide bonds. The summed E-state index contributed by atoms with van der Waals surface area (Å²) >= 11 is 0. The summed E-state index contributed by atoms with van der Waals surface area (Å²) in [5.41, 5.74) is 10.7. The molecule has 0 aliphatic heterocycles. The van der Waals surface area contributed by atoms with Gasteiger partial charge in [0.25, 0.3) is 0 Å². The van der Waals surface area contributed by atoms with Crippen LogP contribution in [0.1, 0.15) is 0 Å². The van der Waals surface area contributed by atoms with Gasteiger partial charge in [0.15, 0.2) is 0 Å². The number of anilines is 1. The summed E-state index contributed by atoms with van der Waals surface area (Å²) in [7, 11) is 1.50. The van der Waals surface area contributed by atoms with Gasteiger partial charge < -0.3 is 11.5 Å².